The Balaban J connectivity index is 2.19. The lowest BCUT2D eigenvalue weighted by atomic mass is 10.1. The fourth-order valence-corrected chi connectivity index (χ4v) is 2.14. The molecule has 1 atom stereocenters. The number of amides is 1. The Morgan fingerprint density at radius 3 is 2.71 bits per heavy atom. The number of aromatic nitrogens is 1. The normalized spacial score (nSPS) is 12.9. The van der Waals surface area contributed by atoms with Crippen LogP contribution in [0.4, 0.5) is 13.2 Å². The lowest BCUT2D eigenvalue weighted by Gasteiger charge is -2.08. The van der Waals surface area contributed by atoms with Crippen molar-refractivity contribution in [3.63, 3.8) is 0 Å². The molecule has 0 spiro atoms. The quantitative estimate of drug-likeness (QED) is 0.853. The summed E-state index contributed by atoms with van der Waals surface area (Å²) in [6, 6.07) is 4.20. The maximum atomic E-state index is 12.8. The second-order valence-electron chi connectivity index (χ2n) is 5.20. The van der Waals surface area contributed by atoms with E-state index >= 15 is 0 Å². The average molecular weight is 363 g/mol. The van der Waals surface area contributed by atoms with Gasteiger partial charge in [-0.05, 0) is 31.5 Å². The molecule has 1 aromatic carbocycles. The maximum Gasteiger partial charge on any atom is 0.416 e. The third kappa shape index (κ3) is 4.72. The van der Waals surface area contributed by atoms with Crippen LogP contribution in [0.2, 0.25) is 5.02 Å². The number of nitrogens with zero attached hydrogens (tertiary/aromatic N) is 1. The molecular weight excluding hydrogens is 349 g/mol. The van der Waals surface area contributed by atoms with Crippen molar-refractivity contribution in [1.29, 1.82) is 0 Å². The molecule has 9 heteroatoms. The largest absolute Gasteiger partial charge is 0.416 e. The summed E-state index contributed by atoms with van der Waals surface area (Å²) >= 11 is 5.71. The Morgan fingerprint density at radius 2 is 2.08 bits per heavy atom. The van der Waals surface area contributed by atoms with E-state index in [0.29, 0.717) is 6.42 Å². The predicted molar refractivity (Wildman–Crippen MR) is 80.6 cm³/mol. The van der Waals surface area contributed by atoms with Gasteiger partial charge in [0.2, 0.25) is 5.76 Å². The van der Waals surface area contributed by atoms with E-state index in [0.717, 1.165) is 12.1 Å². The van der Waals surface area contributed by atoms with Crippen molar-refractivity contribution in [2.75, 3.05) is 6.54 Å². The number of rotatable bonds is 5. The third-order valence-corrected chi connectivity index (χ3v) is 3.32. The summed E-state index contributed by atoms with van der Waals surface area (Å²) in [6.07, 6.45) is -4.76. The van der Waals surface area contributed by atoms with Gasteiger partial charge in [-0.2, -0.15) is 13.2 Å². The highest BCUT2D eigenvalue weighted by atomic mass is 35.5. The van der Waals surface area contributed by atoms with E-state index < -0.39 is 23.8 Å². The molecule has 0 unspecified atom stereocenters. The molecule has 1 aromatic heterocycles. The molecule has 0 saturated heterocycles. The molecular formula is C15H14ClF3N2O3. The summed E-state index contributed by atoms with van der Waals surface area (Å²) in [7, 11) is 0. The highest BCUT2D eigenvalue weighted by molar-refractivity contribution is 6.31. The van der Waals surface area contributed by atoms with Crippen LogP contribution in [0.3, 0.4) is 0 Å². The van der Waals surface area contributed by atoms with Gasteiger partial charge in [0.15, 0.2) is 0 Å². The number of hydrogen-bond acceptors (Lipinski definition) is 4. The number of carbonyl (C=O) groups excluding carboxylic acids is 1. The number of benzene rings is 1. The second-order valence-corrected chi connectivity index (χ2v) is 5.63. The maximum absolute atomic E-state index is 12.8. The molecule has 0 saturated carbocycles. The van der Waals surface area contributed by atoms with Crippen molar-refractivity contribution in [3.8, 4) is 11.3 Å². The summed E-state index contributed by atoms with van der Waals surface area (Å²) in [6.45, 7) is 1.80. The number of aliphatic hydroxyl groups is 1. The molecule has 1 heterocycles. The van der Waals surface area contributed by atoms with Crippen LogP contribution in [0.1, 0.15) is 29.5 Å². The van der Waals surface area contributed by atoms with Crippen LogP contribution < -0.4 is 5.32 Å². The predicted octanol–water partition coefficient (Wildman–Crippen LogP) is 3.51. The molecule has 0 radical (unpaired) electrons. The van der Waals surface area contributed by atoms with E-state index in [4.69, 9.17) is 21.2 Å². The van der Waals surface area contributed by atoms with E-state index in [1.54, 1.807) is 6.92 Å². The number of alkyl halides is 3. The van der Waals surface area contributed by atoms with Crippen LogP contribution in [0, 0.1) is 0 Å². The average Bonchev–Trinajstić information content (AvgIpc) is 2.95. The molecule has 2 rings (SSSR count). The number of hydrogen-bond donors (Lipinski definition) is 2. The van der Waals surface area contributed by atoms with Crippen LogP contribution >= 0.6 is 11.6 Å². The van der Waals surface area contributed by atoms with E-state index in [-0.39, 0.29) is 28.6 Å². The van der Waals surface area contributed by atoms with Crippen molar-refractivity contribution in [2.24, 2.45) is 0 Å². The molecule has 0 aliphatic carbocycles. The zero-order valence-corrected chi connectivity index (χ0v) is 13.3. The SMILES string of the molecule is C[C@@H](O)CCNC(=O)c1cc(-c2cc(Cl)cc(C(F)(F)F)c2)no1. The molecule has 1 amide bonds. The highest BCUT2D eigenvalue weighted by Crippen LogP contribution is 2.34. The van der Waals surface area contributed by atoms with Gasteiger partial charge in [-0.3, -0.25) is 4.79 Å². The second kappa shape index (κ2) is 7.23. The third-order valence-electron chi connectivity index (χ3n) is 3.10. The van der Waals surface area contributed by atoms with E-state index in [2.05, 4.69) is 10.5 Å². The van der Waals surface area contributed by atoms with Gasteiger partial charge in [0, 0.05) is 23.2 Å². The molecule has 0 aliphatic heterocycles. The molecule has 24 heavy (non-hydrogen) atoms. The van der Waals surface area contributed by atoms with E-state index in [1.807, 2.05) is 0 Å². The first-order chi connectivity index (χ1) is 11.2. The van der Waals surface area contributed by atoms with Crippen molar-refractivity contribution in [1.82, 2.24) is 10.5 Å². The van der Waals surface area contributed by atoms with Crippen LogP contribution in [0.5, 0.6) is 0 Å². The molecule has 0 fully saturated rings. The van der Waals surface area contributed by atoms with Crippen LogP contribution in [0.15, 0.2) is 28.8 Å². The van der Waals surface area contributed by atoms with Crippen molar-refractivity contribution < 1.29 is 27.6 Å². The lowest BCUT2D eigenvalue weighted by molar-refractivity contribution is -0.137. The van der Waals surface area contributed by atoms with E-state index in [1.165, 1.54) is 12.1 Å². The van der Waals surface area contributed by atoms with Gasteiger partial charge in [-0.1, -0.05) is 16.8 Å². The summed E-state index contributed by atoms with van der Waals surface area (Å²) in [5, 5.41) is 15.1. The summed E-state index contributed by atoms with van der Waals surface area (Å²) in [4.78, 5) is 11.8. The first-order valence-corrected chi connectivity index (χ1v) is 7.36. The Labute approximate surface area is 140 Å². The minimum atomic E-state index is -4.55. The van der Waals surface area contributed by atoms with Crippen LogP contribution in [-0.4, -0.2) is 28.8 Å². The first kappa shape index (κ1) is 18.3. The molecule has 0 aliphatic rings. The molecule has 130 valence electrons. The zero-order chi connectivity index (χ0) is 17.9. The molecule has 2 N–H and O–H groups in total. The molecule has 0 bridgehead atoms. The number of halogens is 4. The first-order valence-electron chi connectivity index (χ1n) is 6.98. The summed E-state index contributed by atoms with van der Waals surface area (Å²) in [5.74, 6) is -0.725. The number of aliphatic hydroxyl groups excluding tert-OH is 1. The van der Waals surface area contributed by atoms with Crippen molar-refractivity contribution in [3.05, 3.63) is 40.6 Å². The monoisotopic (exact) mass is 362 g/mol. The smallest absolute Gasteiger partial charge is 0.393 e. The summed E-state index contributed by atoms with van der Waals surface area (Å²) in [5.41, 5.74) is -0.777. The van der Waals surface area contributed by atoms with Gasteiger partial charge in [-0.25, -0.2) is 0 Å². The fourth-order valence-electron chi connectivity index (χ4n) is 1.90. The van der Waals surface area contributed by atoms with Gasteiger partial charge in [-0.15, -0.1) is 0 Å². The van der Waals surface area contributed by atoms with Crippen molar-refractivity contribution in [2.45, 2.75) is 25.6 Å². The lowest BCUT2D eigenvalue weighted by Crippen LogP contribution is -2.26. The topological polar surface area (TPSA) is 75.4 Å². The highest BCUT2D eigenvalue weighted by Gasteiger charge is 2.31. The van der Waals surface area contributed by atoms with Crippen LogP contribution in [0.25, 0.3) is 11.3 Å². The molecule has 5 nitrogen and oxygen atoms in total. The Hall–Kier alpha value is -2.06. The fraction of sp³-hybridized carbons (Fsp3) is 0.333. The Bertz CT molecular complexity index is 729. The standard InChI is InChI=1S/C15H14ClF3N2O3/c1-8(22)2-3-20-14(23)13-7-12(21-24-13)9-4-10(15(17,18)19)6-11(16)5-9/h4-8,22H,2-3H2,1H3,(H,20,23)/t8-/m1/s1. The minimum absolute atomic E-state index is 0.0590. The zero-order valence-electron chi connectivity index (χ0n) is 12.5. The minimum Gasteiger partial charge on any atom is -0.393 e. The van der Waals surface area contributed by atoms with Gasteiger partial charge in [0.1, 0.15) is 5.69 Å². The van der Waals surface area contributed by atoms with Gasteiger partial charge in [0.25, 0.3) is 5.91 Å². The van der Waals surface area contributed by atoms with Gasteiger partial charge >= 0.3 is 6.18 Å². The van der Waals surface area contributed by atoms with Crippen molar-refractivity contribution >= 4 is 17.5 Å². The van der Waals surface area contributed by atoms with Crippen LogP contribution in [-0.2, 0) is 6.18 Å². The molecule has 2 aromatic rings. The van der Waals surface area contributed by atoms with E-state index in [9.17, 15) is 18.0 Å². The number of carbonyl (C=O) groups is 1. The Kier molecular flexibility index (Phi) is 5.51. The van der Waals surface area contributed by atoms with Gasteiger partial charge in [0.05, 0.1) is 11.7 Å². The Morgan fingerprint density at radius 1 is 1.38 bits per heavy atom. The summed E-state index contributed by atoms with van der Waals surface area (Å²) < 4.78 is 43.3. The van der Waals surface area contributed by atoms with Gasteiger partial charge < -0.3 is 14.9 Å². The number of nitrogens with one attached hydrogen (secondary N) is 1.